The standard InChI is InChI=1S/C12H12N4O2/c17-16(18)9-4-5-10-11(6-9)13-7-14-12(10)15-8-2-1-3-8/h4-8H,1-3H2,(H,13,14,15). The second kappa shape index (κ2) is 4.21. The van der Waals surface area contributed by atoms with E-state index >= 15 is 0 Å². The van der Waals surface area contributed by atoms with Gasteiger partial charge in [0.15, 0.2) is 0 Å². The monoisotopic (exact) mass is 244 g/mol. The Morgan fingerprint density at radius 2 is 2.17 bits per heavy atom. The summed E-state index contributed by atoms with van der Waals surface area (Å²) in [5, 5.41) is 14.9. The highest BCUT2D eigenvalue weighted by Gasteiger charge is 2.19. The Morgan fingerprint density at radius 3 is 2.83 bits per heavy atom. The number of benzene rings is 1. The summed E-state index contributed by atoms with van der Waals surface area (Å²) in [4.78, 5) is 18.6. The Bertz CT molecular complexity index is 610. The molecule has 1 fully saturated rings. The van der Waals surface area contributed by atoms with Crippen LogP contribution in [0, 0.1) is 10.1 Å². The lowest BCUT2D eigenvalue weighted by Gasteiger charge is -2.27. The molecule has 0 saturated heterocycles. The van der Waals surface area contributed by atoms with Crippen molar-refractivity contribution in [3.63, 3.8) is 0 Å². The van der Waals surface area contributed by atoms with Gasteiger partial charge in [0.05, 0.1) is 10.4 Å². The smallest absolute Gasteiger partial charge is 0.271 e. The van der Waals surface area contributed by atoms with E-state index < -0.39 is 4.92 Å². The van der Waals surface area contributed by atoms with Crippen molar-refractivity contribution >= 4 is 22.4 Å². The van der Waals surface area contributed by atoms with Crippen LogP contribution in [0.25, 0.3) is 10.9 Å². The van der Waals surface area contributed by atoms with Crippen LogP contribution in [0.4, 0.5) is 11.5 Å². The number of nitrogens with zero attached hydrogens (tertiary/aromatic N) is 3. The van der Waals surface area contributed by atoms with Crippen LogP contribution < -0.4 is 5.32 Å². The zero-order chi connectivity index (χ0) is 12.5. The quantitative estimate of drug-likeness (QED) is 0.662. The largest absolute Gasteiger partial charge is 0.367 e. The molecule has 1 saturated carbocycles. The van der Waals surface area contributed by atoms with Gasteiger partial charge < -0.3 is 5.32 Å². The van der Waals surface area contributed by atoms with Crippen molar-refractivity contribution in [3.05, 3.63) is 34.6 Å². The summed E-state index contributed by atoms with van der Waals surface area (Å²) in [5.41, 5.74) is 0.650. The zero-order valence-electron chi connectivity index (χ0n) is 9.67. The Morgan fingerprint density at radius 1 is 1.33 bits per heavy atom. The second-order valence-electron chi connectivity index (χ2n) is 4.45. The molecule has 1 aliphatic carbocycles. The molecule has 92 valence electrons. The van der Waals surface area contributed by atoms with E-state index in [-0.39, 0.29) is 5.69 Å². The number of hydrogen-bond donors (Lipinski definition) is 1. The Hall–Kier alpha value is -2.24. The van der Waals surface area contributed by atoms with Gasteiger partial charge in [0, 0.05) is 23.6 Å². The van der Waals surface area contributed by atoms with Crippen LogP contribution >= 0.6 is 0 Å². The van der Waals surface area contributed by atoms with Crippen LogP contribution in [-0.4, -0.2) is 20.9 Å². The molecule has 0 radical (unpaired) electrons. The number of fused-ring (bicyclic) bond motifs is 1. The maximum Gasteiger partial charge on any atom is 0.271 e. The van der Waals surface area contributed by atoms with Gasteiger partial charge in [-0.25, -0.2) is 9.97 Å². The molecule has 1 aromatic heterocycles. The van der Waals surface area contributed by atoms with E-state index in [1.54, 1.807) is 6.07 Å². The summed E-state index contributed by atoms with van der Waals surface area (Å²) in [5.74, 6) is 0.764. The molecule has 0 spiro atoms. The summed E-state index contributed by atoms with van der Waals surface area (Å²) in [7, 11) is 0. The SMILES string of the molecule is O=[N+]([O-])c1ccc2c(NC3CCC3)ncnc2c1. The predicted molar refractivity (Wildman–Crippen MR) is 67.5 cm³/mol. The van der Waals surface area contributed by atoms with Crippen molar-refractivity contribution in [2.24, 2.45) is 0 Å². The van der Waals surface area contributed by atoms with Crippen molar-refractivity contribution in [2.45, 2.75) is 25.3 Å². The zero-order valence-corrected chi connectivity index (χ0v) is 9.67. The number of aromatic nitrogens is 2. The highest BCUT2D eigenvalue weighted by molar-refractivity contribution is 5.90. The van der Waals surface area contributed by atoms with Crippen molar-refractivity contribution in [3.8, 4) is 0 Å². The van der Waals surface area contributed by atoms with E-state index in [4.69, 9.17) is 0 Å². The van der Waals surface area contributed by atoms with Crippen LogP contribution in [0.1, 0.15) is 19.3 Å². The van der Waals surface area contributed by atoms with E-state index in [0.717, 1.165) is 24.0 Å². The van der Waals surface area contributed by atoms with Gasteiger partial charge in [-0.3, -0.25) is 10.1 Å². The molecule has 6 heteroatoms. The van der Waals surface area contributed by atoms with Gasteiger partial charge in [0.2, 0.25) is 0 Å². The number of nitro groups is 1. The first-order chi connectivity index (χ1) is 8.74. The van der Waals surface area contributed by atoms with E-state index in [9.17, 15) is 10.1 Å². The maximum absolute atomic E-state index is 10.7. The number of nitro benzene ring substituents is 1. The van der Waals surface area contributed by atoms with E-state index in [0.29, 0.717) is 11.6 Å². The van der Waals surface area contributed by atoms with E-state index in [1.165, 1.54) is 24.9 Å². The van der Waals surface area contributed by atoms with Gasteiger partial charge >= 0.3 is 0 Å². The van der Waals surface area contributed by atoms with E-state index in [1.807, 2.05) is 0 Å². The lowest BCUT2D eigenvalue weighted by molar-refractivity contribution is -0.384. The molecule has 2 aromatic rings. The molecule has 1 aromatic carbocycles. The van der Waals surface area contributed by atoms with Gasteiger partial charge in [-0.05, 0) is 25.3 Å². The third-order valence-electron chi connectivity index (χ3n) is 3.28. The van der Waals surface area contributed by atoms with Crippen molar-refractivity contribution in [1.29, 1.82) is 0 Å². The number of non-ortho nitro benzene ring substituents is 1. The summed E-state index contributed by atoms with van der Waals surface area (Å²) < 4.78 is 0. The first kappa shape index (κ1) is 10.9. The number of anilines is 1. The normalized spacial score (nSPS) is 15.3. The van der Waals surface area contributed by atoms with Gasteiger partial charge in [0.1, 0.15) is 12.1 Å². The Labute approximate surface area is 103 Å². The second-order valence-corrected chi connectivity index (χ2v) is 4.45. The van der Waals surface area contributed by atoms with Crippen LogP contribution in [0.5, 0.6) is 0 Å². The first-order valence-corrected chi connectivity index (χ1v) is 5.90. The fourth-order valence-corrected chi connectivity index (χ4v) is 2.02. The molecule has 0 aliphatic heterocycles. The van der Waals surface area contributed by atoms with Gasteiger partial charge in [-0.15, -0.1) is 0 Å². The molecular formula is C12H12N4O2. The topological polar surface area (TPSA) is 81.0 Å². The van der Waals surface area contributed by atoms with Crippen molar-refractivity contribution < 1.29 is 4.92 Å². The molecule has 1 N–H and O–H groups in total. The van der Waals surface area contributed by atoms with Gasteiger partial charge in [0.25, 0.3) is 5.69 Å². The average Bonchev–Trinajstić information content (AvgIpc) is 2.33. The Kier molecular flexibility index (Phi) is 2.55. The molecule has 1 aliphatic rings. The number of hydrogen-bond acceptors (Lipinski definition) is 5. The molecule has 0 atom stereocenters. The number of rotatable bonds is 3. The first-order valence-electron chi connectivity index (χ1n) is 5.90. The number of nitrogens with one attached hydrogen (secondary N) is 1. The third kappa shape index (κ3) is 1.85. The van der Waals surface area contributed by atoms with Crippen LogP contribution in [-0.2, 0) is 0 Å². The predicted octanol–water partition coefficient (Wildman–Crippen LogP) is 2.50. The molecule has 18 heavy (non-hydrogen) atoms. The lowest BCUT2D eigenvalue weighted by atomic mass is 9.93. The fourth-order valence-electron chi connectivity index (χ4n) is 2.02. The van der Waals surface area contributed by atoms with Crippen LogP contribution in [0.15, 0.2) is 24.5 Å². The minimum absolute atomic E-state index is 0.0517. The molecule has 0 bridgehead atoms. The summed E-state index contributed by atoms with van der Waals surface area (Å²) in [6, 6.07) is 5.13. The summed E-state index contributed by atoms with van der Waals surface area (Å²) in [6.45, 7) is 0. The molecule has 0 unspecified atom stereocenters. The minimum Gasteiger partial charge on any atom is -0.367 e. The molecule has 6 nitrogen and oxygen atoms in total. The highest BCUT2D eigenvalue weighted by atomic mass is 16.6. The van der Waals surface area contributed by atoms with E-state index in [2.05, 4.69) is 15.3 Å². The van der Waals surface area contributed by atoms with Gasteiger partial charge in [-0.2, -0.15) is 0 Å². The highest BCUT2D eigenvalue weighted by Crippen LogP contribution is 2.27. The molecular weight excluding hydrogens is 232 g/mol. The molecule has 1 heterocycles. The van der Waals surface area contributed by atoms with Crippen molar-refractivity contribution in [2.75, 3.05) is 5.32 Å². The minimum atomic E-state index is -0.416. The van der Waals surface area contributed by atoms with Crippen molar-refractivity contribution in [1.82, 2.24) is 9.97 Å². The molecule has 0 amide bonds. The summed E-state index contributed by atoms with van der Waals surface area (Å²) >= 11 is 0. The third-order valence-corrected chi connectivity index (χ3v) is 3.28. The lowest BCUT2D eigenvalue weighted by Crippen LogP contribution is -2.27. The molecule has 3 rings (SSSR count). The van der Waals surface area contributed by atoms with Crippen LogP contribution in [0.3, 0.4) is 0 Å². The Balaban J connectivity index is 2.01. The average molecular weight is 244 g/mol. The summed E-state index contributed by atoms with van der Waals surface area (Å²) in [6.07, 6.45) is 4.98. The van der Waals surface area contributed by atoms with Crippen LogP contribution in [0.2, 0.25) is 0 Å². The fraction of sp³-hybridized carbons (Fsp3) is 0.333. The maximum atomic E-state index is 10.7. The van der Waals surface area contributed by atoms with Gasteiger partial charge in [-0.1, -0.05) is 0 Å².